The van der Waals surface area contributed by atoms with Crippen molar-refractivity contribution in [2.24, 2.45) is 5.73 Å². The lowest BCUT2D eigenvalue weighted by atomic mass is 10.0. The topological polar surface area (TPSA) is 122 Å². The van der Waals surface area contributed by atoms with Crippen LogP contribution in [0, 0.1) is 0 Å². The molecule has 0 aliphatic heterocycles. The van der Waals surface area contributed by atoms with Gasteiger partial charge in [-0.15, -0.1) is 0 Å². The van der Waals surface area contributed by atoms with Crippen LogP contribution in [0.25, 0.3) is 0 Å². The Kier molecular flexibility index (Phi) is 5.76. The summed E-state index contributed by atoms with van der Waals surface area (Å²) < 4.78 is 5.16. The Morgan fingerprint density at radius 3 is 2.55 bits per heavy atom. The van der Waals surface area contributed by atoms with Crippen LogP contribution in [0.5, 0.6) is 5.75 Å². The monoisotopic (exact) mass is 310 g/mol. The zero-order valence-electron chi connectivity index (χ0n) is 12.9. The summed E-state index contributed by atoms with van der Waals surface area (Å²) in [5.74, 6) is -0.979. The number of hydrogen-bond donors (Lipinski definition) is 4. The third-order valence-corrected chi connectivity index (χ3v) is 2.74. The van der Waals surface area contributed by atoms with E-state index in [2.05, 4.69) is 5.32 Å². The van der Waals surface area contributed by atoms with E-state index < -0.39 is 23.7 Å². The summed E-state index contributed by atoms with van der Waals surface area (Å²) in [6.45, 7) is 5.22. The Hall–Kier alpha value is -2.28. The van der Waals surface area contributed by atoms with Crippen molar-refractivity contribution in [2.75, 3.05) is 5.32 Å². The van der Waals surface area contributed by atoms with Gasteiger partial charge < -0.3 is 20.7 Å². The molecule has 0 saturated heterocycles. The molecule has 1 atom stereocenters. The summed E-state index contributed by atoms with van der Waals surface area (Å²) in [5.41, 5.74) is 6.13. The van der Waals surface area contributed by atoms with Crippen LogP contribution in [0.1, 0.15) is 45.2 Å². The number of aliphatic carboxylic acids is 1. The number of benzene rings is 1. The lowest BCUT2D eigenvalue weighted by Gasteiger charge is -2.21. The number of rotatable bonds is 5. The molecule has 0 aliphatic rings. The Labute approximate surface area is 129 Å². The summed E-state index contributed by atoms with van der Waals surface area (Å²) in [6.07, 6.45) is -0.574. The molecule has 0 bridgehead atoms. The summed E-state index contributed by atoms with van der Waals surface area (Å²) in [5, 5.41) is 20.8. The van der Waals surface area contributed by atoms with Gasteiger partial charge in [-0.2, -0.15) is 0 Å². The third-order valence-electron chi connectivity index (χ3n) is 2.74. The first-order valence-corrected chi connectivity index (χ1v) is 6.89. The molecule has 5 N–H and O–H groups in total. The Bertz CT molecular complexity index is 551. The predicted molar refractivity (Wildman–Crippen MR) is 81.8 cm³/mol. The van der Waals surface area contributed by atoms with E-state index in [9.17, 15) is 14.7 Å². The van der Waals surface area contributed by atoms with Gasteiger partial charge in [-0.25, -0.2) is 4.79 Å². The molecule has 0 aliphatic carbocycles. The smallest absolute Gasteiger partial charge is 0.412 e. The lowest BCUT2D eigenvalue weighted by Crippen LogP contribution is -2.28. The molecule has 122 valence electrons. The number of amides is 1. The molecule has 0 fully saturated rings. The van der Waals surface area contributed by atoms with Crippen LogP contribution in [-0.2, 0) is 9.53 Å². The molecule has 7 heteroatoms. The van der Waals surface area contributed by atoms with Gasteiger partial charge in [0.2, 0.25) is 0 Å². The molecule has 0 heterocycles. The van der Waals surface area contributed by atoms with E-state index >= 15 is 0 Å². The number of nitrogens with two attached hydrogens (primary N) is 1. The fourth-order valence-electron chi connectivity index (χ4n) is 1.82. The van der Waals surface area contributed by atoms with Gasteiger partial charge in [-0.1, -0.05) is 0 Å². The SMILES string of the molecule is CC(C)(C)OC(=O)Nc1ccc(O)cc1C(N)CCC(=O)O. The molecule has 1 aromatic carbocycles. The summed E-state index contributed by atoms with van der Waals surface area (Å²) >= 11 is 0. The second-order valence-corrected chi connectivity index (χ2v) is 5.94. The van der Waals surface area contributed by atoms with Gasteiger partial charge in [0.15, 0.2) is 0 Å². The molecule has 1 aromatic rings. The maximum absolute atomic E-state index is 11.8. The molecule has 1 unspecified atom stereocenters. The number of anilines is 1. The van der Waals surface area contributed by atoms with Crippen LogP contribution < -0.4 is 11.1 Å². The fourth-order valence-corrected chi connectivity index (χ4v) is 1.82. The Morgan fingerprint density at radius 1 is 1.36 bits per heavy atom. The van der Waals surface area contributed by atoms with Crippen LogP contribution >= 0.6 is 0 Å². The number of phenolic OH excluding ortho intramolecular Hbond substituents is 1. The third kappa shape index (κ3) is 6.01. The van der Waals surface area contributed by atoms with Crippen molar-refractivity contribution in [1.82, 2.24) is 0 Å². The quantitative estimate of drug-likeness (QED) is 0.620. The molecule has 0 radical (unpaired) electrons. The number of carbonyl (C=O) groups is 2. The summed E-state index contributed by atoms with van der Waals surface area (Å²) in [4.78, 5) is 22.4. The van der Waals surface area contributed by atoms with Gasteiger partial charge in [0.25, 0.3) is 0 Å². The molecule has 22 heavy (non-hydrogen) atoms. The number of carboxylic acids is 1. The van der Waals surface area contributed by atoms with Gasteiger partial charge in [-0.05, 0) is 51.0 Å². The maximum atomic E-state index is 11.8. The Morgan fingerprint density at radius 2 is 2.00 bits per heavy atom. The van der Waals surface area contributed by atoms with E-state index in [1.54, 1.807) is 20.8 Å². The van der Waals surface area contributed by atoms with Crippen molar-refractivity contribution in [2.45, 2.75) is 45.3 Å². The number of phenols is 1. The normalized spacial score (nSPS) is 12.5. The molecular formula is C15H22N2O5. The predicted octanol–water partition coefficient (Wildman–Crippen LogP) is 2.60. The molecule has 1 rings (SSSR count). The molecular weight excluding hydrogens is 288 g/mol. The first-order chi connectivity index (χ1) is 10.1. The second-order valence-electron chi connectivity index (χ2n) is 5.94. The number of nitrogens with one attached hydrogen (secondary N) is 1. The second kappa shape index (κ2) is 7.13. The van der Waals surface area contributed by atoms with Gasteiger partial charge in [0.1, 0.15) is 11.4 Å². The van der Waals surface area contributed by atoms with E-state index in [0.29, 0.717) is 11.3 Å². The van der Waals surface area contributed by atoms with Crippen molar-refractivity contribution < 1.29 is 24.5 Å². The Balaban J connectivity index is 2.90. The van der Waals surface area contributed by atoms with Crippen LogP contribution in [0.15, 0.2) is 18.2 Å². The number of ether oxygens (including phenoxy) is 1. The van der Waals surface area contributed by atoms with Gasteiger partial charge in [0, 0.05) is 18.2 Å². The molecule has 7 nitrogen and oxygen atoms in total. The summed E-state index contributed by atoms with van der Waals surface area (Å²) in [6, 6.07) is 3.67. The largest absolute Gasteiger partial charge is 0.508 e. The maximum Gasteiger partial charge on any atom is 0.412 e. The number of aromatic hydroxyl groups is 1. The van der Waals surface area contributed by atoms with E-state index in [4.69, 9.17) is 15.6 Å². The van der Waals surface area contributed by atoms with Gasteiger partial charge in [0.05, 0.1) is 0 Å². The minimum atomic E-state index is -0.961. The highest BCUT2D eigenvalue weighted by atomic mass is 16.6. The highest BCUT2D eigenvalue weighted by Gasteiger charge is 2.19. The van der Waals surface area contributed by atoms with Crippen molar-refractivity contribution in [3.63, 3.8) is 0 Å². The lowest BCUT2D eigenvalue weighted by molar-refractivity contribution is -0.137. The summed E-state index contributed by atoms with van der Waals surface area (Å²) in [7, 11) is 0. The fraction of sp³-hybridized carbons (Fsp3) is 0.467. The van der Waals surface area contributed by atoms with Crippen molar-refractivity contribution >= 4 is 17.7 Å². The van der Waals surface area contributed by atoms with Crippen LogP contribution in [-0.4, -0.2) is 27.9 Å². The number of hydrogen-bond acceptors (Lipinski definition) is 5. The van der Waals surface area contributed by atoms with Crippen molar-refractivity contribution in [1.29, 1.82) is 0 Å². The average molecular weight is 310 g/mol. The zero-order chi connectivity index (χ0) is 16.9. The first kappa shape index (κ1) is 17.8. The van der Waals surface area contributed by atoms with E-state index in [-0.39, 0.29) is 18.6 Å². The zero-order valence-corrected chi connectivity index (χ0v) is 12.9. The van der Waals surface area contributed by atoms with Crippen LogP contribution in [0.4, 0.5) is 10.5 Å². The number of carboxylic acid groups (broad SMARTS) is 1. The average Bonchev–Trinajstić information content (AvgIpc) is 2.35. The van der Waals surface area contributed by atoms with E-state index in [1.165, 1.54) is 18.2 Å². The minimum absolute atomic E-state index is 0.0180. The first-order valence-electron chi connectivity index (χ1n) is 6.89. The molecule has 0 saturated carbocycles. The highest BCUT2D eigenvalue weighted by Crippen LogP contribution is 2.28. The minimum Gasteiger partial charge on any atom is -0.508 e. The molecule has 0 aromatic heterocycles. The number of carbonyl (C=O) groups excluding carboxylic acids is 1. The van der Waals surface area contributed by atoms with Gasteiger partial charge >= 0.3 is 12.1 Å². The standard InChI is InChI=1S/C15H22N2O5/c1-15(2,3)22-14(21)17-12-6-4-9(18)8-10(12)11(16)5-7-13(19)20/h4,6,8,11,18H,5,7,16H2,1-3H3,(H,17,21)(H,19,20). The molecule has 0 spiro atoms. The van der Waals surface area contributed by atoms with Gasteiger partial charge in [-0.3, -0.25) is 10.1 Å². The van der Waals surface area contributed by atoms with E-state index in [1.807, 2.05) is 0 Å². The van der Waals surface area contributed by atoms with Crippen LogP contribution in [0.2, 0.25) is 0 Å². The van der Waals surface area contributed by atoms with Crippen LogP contribution in [0.3, 0.4) is 0 Å². The van der Waals surface area contributed by atoms with Crippen molar-refractivity contribution in [3.05, 3.63) is 23.8 Å². The molecule has 1 amide bonds. The van der Waals surface area contributed by atoms with E-state index in [0.717, 1.165) is 0 Å². The highest BCUT2D eigenvalue weighted by molar-refractivity contribution is 5.86. The van der Waals surface area contributed by atoms with Crippen molar-refractivity contribution in [3.8, 4) is 5.75 Å².